The molecule has 1 aromatic rings. The van der Waals surface area contributed by atoms with Crippen LogP contribution in [-0.2, 0) is 6.54 Å². The van der Waals surface area contributed by atoms with Crippen LogP contribution in [0, 0.1) is 0 Å². The van der Waals surface area contributed by atoms with E-state index in [2.05, 4.69) is 17.2 Å². The van der Waals surface area contributed by atoms with Crippen LogP contribution >= 0.6 is 11.6 Å². The van der Waals surface area contributed by atoms with E-state index in [4.69, 9.17) is 11.6 Å². The molecule has 2 nitrogen and oxygen atoms in total. The van der Waals surface area contributed by atoms with Gasteiger partial charge in [-0.15, -0.1) is 0 Å². The van der Waals surface area contributed by atoms with E-state index < -0.39 is 0 Å². The highest BCUT2D eigenvalue weighted by atomic mass is 35.5. The molecule has 0 unspecified atom stereocenters. The maximum absolute atomic E-state index is 5.78. The minimum absolute atomic E-state index is 0.377. The zero-order valence-corrected chi connectivity index (χ0v) is 7.02. The Balaban J connectivity index is 2.50. The van der Waals surface area contributed by atoms with Crippen molar-refractivity contribution in [3.8, 4) is 0 Å². The fraction of sp³-hybridized carbons (Fsp3) is 0.375. The van der Waals surface area contributed by atoms with Gasteiger partial charge in [-0.05, 0) is 18.6 Å². The SMILES string of the molecule is C[C@H]1NCc2cc(Cl)cnc21. The van der Waals surface area contributed by atoms with Gasteiger partial charge in [-0.3, -0.25) is 4.98 Å². The summed E-state index contributed by atoms with van der Waals surface area (Å²) in [6.07, 6.45) is 1.70. The second-order valence-corrected chi connectivity index (χ2v) is 3.24. The molecule has 0 saturated carbocycles. The lowest BCUT2D eigenvalue weighted by Crippen LogP contribution is -2.07. The highest BCUT2D eigenvalue weighted by molar-refractivity contribution is 6.30. The van der Waals surface area contributed by atoms with Gasteiger partial charge in [0.1, 0.15) is 0 Å². The van der Waals surface area contributed by atoms with Crippen LogP contribution in [0.25, 0.3) is 0 Å². The molecule has 1 N–H and O–H groups in total. The third-order valence-corrected chi connectivity index (χ3v) is 2.18. The van der Waals surface area contributed by atoms with Crippen molar-refractivity contribution in [2.75, 3.05) is 0 Å². The molecule has 1 aliphatic heterocycles. The van der Waals surface area contributed by atoms with Crippen molar-refractivity contribution in [3.05, 3.63) is 28.5 Å². The molecule has 1 aromatic heterocycles. The highest BCUT2D eigenvalue weighted by Gasteiger charge is 2.18. The molecule has 2 heterocycles. The summed E-state index contributed by atoms with van der Waals surface area (Å²) in [7, 11) is 0. The highest BCUT2D eigenvalue weighted by Crippen LogP contribution is 2.24. The van der Waals surface area contributed by atoms with Crippen LogP contribution in [0.1, 0.15) is 24.2 Å². The number of hydrogen-bond donors (Lipinski definition) is 1. The summed E-state index contributed by atoms with van der Waals surface area (Å²) in [5, 5.41) is 4.01. The van der Waals surface area contributed by atoms with Gasteiger partial charge in [-0.2, -0.15) is 0 Å². The van der Waals surface area contributed by atoms with Crippen LogP contribution < -0.4 is 5.32 Å². The van der Waals surface area contributed by atoms with Crippen molar-refractivity contribution in [1.82, 2.24) is 10.3 Å². The van der Waals surface area contributed by atoms with E-state index in [1.807, 2.05) is 6.07 Å². The predicted octanol–water partition coefficient (Wildman–Crippen LogP) is 1.90. The molecule has 0 radical (unpaired) electrons. The summed E-state index contributed by atoms with van der Waals surface area (Å²) in [5.41, 5.74) is 2.36. The Kier molecular flexibility index (Phi) is 1.59. The average Bonchev–Trinajstić information content (AvgIpc) is 2.32. The van der Waals surface area contributed by atoms with Crippen molar-refractivity contribution >= 4 is 11.6 Å². The van der Waals surface area contributed by atoms with Gasteiger partial charge in [0, 0.05) is 18.8 Å². The number of aromatic nitrogens is 1. The van der Waals surface area contributed by atoms with Crippen LogP contribution in [-0.4, -0.2) is 4.98 Å². The molecule has 0 aromatic carbocycles. The van der Waals surface area contributed by atoms with E-state index in [9.17, 15) is 0 Å². The van der Waals surface area contributed by atoms with Crippen LogP contribution in [0.2, 0.25) is 5.02 Å². The van der Waals surface area contributed by atoms with Gasteiger partial charge in [0.15, 0.2) is 0 Å². The largest absolute Gasteiger partial charge is 0.305 e. The number of nitrogens with one attached hydrogen (secondary N) is 1. The van der Waals surface area contributed by atoms with Gasteiger partial charge in [-0.25, -0.2) is 0 Å². The Morgan fingerprint density at radius 1 is 1.73 bits per heavy atom. The third kappa shape index (κ3) is 1.12. The second-order valence-electron chi connectivity index (χ2n) is 2.80. The smallest absolute Gasteiger partial charge is 0.0616 e. The molecule has 1 aliphatic rings. The lowest BCUT2D eigenvalue weighted by Gasteiger charge is -2.01. The Morgan fingerprint density at radius 2 is 2.55 bits per heavy atom. The summed E-state index contributed by atoms with van der Waals surface area (Å²) >= 11 is 5.78. The van der Waals surface area contributed by atoms with Crippen molar-refractivity contribution in [1.29, 1.82) is 0 Å². The van der Waals surface area contributed by atoms with Crippen LogP contribution in [0.15, 0.2) is 12.3 Å². The third-order valence-electron chi connectivity index (χ3n) is 1.98. The van der Waals surface area contributed by atoms with E-state index in [-0.39, 0.29) is 0 Å². The first-order chi connectivity index (χ1) is 5.27. The minimum Gasteiger partial charge on any atom is -0.305 e. The molecular formula is C8H9ClN2. The quantitative estimate of drug-likeness (QED) is 0.640. The number of pyridine rings is 1. The van der Waals surface area contributed by atoms with E-state index in [0.29, 0.717) is 6.04 Å². The van der Waals surface area contributed by atoms with Gasteiger partial charge in [0.2, 0.25) is 0 Å². The zero-order chi connectivity index (χ0) is 7.84. The molecule has 0 saturated heterocycles. The van der Waals surface area contributed by atoms with E-state index >= 15 is 0 Å². The van der Waals surface area contributed by atoms with Gasteiger partial charge >= 0.3 is 0 Å². The van der Waals surface area contributed by atoms with Crippen molar-refractivity contribution in [3.63, 3.8) is 0 Å². The Morgan fingerprint density at radius 3 is 3.36 bits per heavy atom. The number of nitrogens with zero attached hydrogens (tertiary/aromatic N) is 1. The summed E-state index contributed by atoms with van der Waals surface area (Å²) in [5.74, 6) is 0. The van der Waals surface area contributed by atoms with Gasteiger partial charge in [0.25, 0.3) is 0 Å². The summed E-state index contributed by atoms with van der Waals surface area (Å²) in [4.78, 5) is 4.25. The number of fused-ring (bicyclic) bond motifs is 1. The molecule has 0 spiro atoms. The van der Waals surface area contributed by atoms with E-state index in [1.54, 1.807) is 6.20 Å². The zero-order valence-electron chi connectivity index (χ0n) is 6.26. The van der Waals surface area contributed by atoms with Crippen molar-refractivity contribution < 1.29 is 0 Å². The number of hydrogen-bond acceptors (Lipinski definition) is 2. The van der Waals surface area contributed by atoms with Crippen LogP contribution in [0.5, 0.6) is 0 Å². The molecule has 0 bridgehead atoms. The lowest BCUT2D eigenvalue weighted by atomic mass is 10.2. The maximum atomic E-state index is 5.78. The van der Waals surface area contributed by atoms with Gasteiger partial charge in [-0.1, -0.05) is 11.6 Å². The fourth-order valence-corrected chi connectivity index (χ4v) is 1.56. The first-order valence-electron chi connectivity index (χ1n) is 3.65. The topological polar surface area (TPSA) is 24.9 Å². The number of rotatable bonds is 0. The first kappa shape index (κ1) is 7.07. The first-order valence-corrected chi connectivity index (χ1v) is 4.03. The minimum atomic E-state index is 0.377. The van der Waals surface area contributed by atoms with Crippen molar-refractivity contribution in [2.24, 2.45) is 0 Å². The predicted molar refractivity (Wildman–Crippen MR) is 44.5 cm³/mol. The maximum Gasteiger partial charge on any atom is 0.0616 e. The summed E-state index contributed by atoms with van der Waals surface area (Å²) < 4.78 is 0. The molecular weight excluding hydrogens is 160 g/mol. The van der Waals surface area contributed by atoms with Gasteiger partial charge in [0.05, 0.1) is 10.7 Å². The Labute approximate surface area is 70.6 Å². The monoisotopic (exact) mass is 168 g/mol. The lowest BCUT2D eigenvalue weighted by molar-refractivity contribution is 0.623. The molecule has 0 amide bonds. The second kappa shape index (κ2) is 2.47. The molecule has 58 valence electrons. The molecule has 0 fully saturated rings. The molecule has 2 rings (SSSR count). The Bertz CT molecular complexity index is 285. The normalized spacial score (nSPS) is 21.8. The van der Waals surface area contributed by atoms with E-state index in [0.717, 1.165) is 17.3 Å². The molecule has 0 aliphatic carbocycles. The molecule has 11 heavy (non-hydrogen) atoms. The van der Waals surface area contributed by atoms with Crippen LogP contribution in [0.3, 0.4) is 0 Å². The number of halogens is 1. The molecule has 3 heteroatoms. The van der Waals surface area contributed by atoms with Crippen LogP contribution in [0.4, 0.5) is 0 Å². The Hall–Kier alpha value is -0.600. The summed E-state index contributed by atoms with van der Waals surface area (Å²) in [6, 6.07) is 2.35. The fourth-order valence-electron chi connectivity index (χ4n) is 1.38. The van der Waals surface area contributed by atoms with E-state index in [1.165, 1.54) is 5.56 Å². The standard InChI is InChI=1S/C8H9ClN2/c1-5-8-6(3-10-5)2-7(9)4-11-8/h2,4-5,10H,3H2,1H3/t5-/m1/s1. The van der Waals surface area contributed by atoms with Crippen molar-refractivity contribution in [2.45, 2.75) is 19.5 Å². The van der Waals surface area contributed by atoms with Gasteiger partial charge < -0.3 is 5.32 Å². The summed E-state index contributed by atoms with van der Waals surface area (Å²) in [6.45, 7) is 3.00. The molecule has 1 atom stereocenters. The average molecular weight is 169 g/mol.